The molecule has 1 aromatic heterocycles. The number of pyridine rings is 1. The molecule has 1 aliphatic heterocycles. The van der Waals surface area contributed by atoms with Crippen LogP contribution in [0.15, 0.2) is 23.9 Å². The number of piperidine rings is 1. The number of halogens is 1. The monoisotopic (exact) mass is 333 g/mol. The minimum absolute atomic E-state index is 0.306. The number of nitriles is 1. The first-order valence-corrected chi connectivity index (χ1v) is 7.90. The summed E-state index contributed by atoms with van der Waals surface area (Å²) in [6.07, 6.45) is 2.52. The third-order valence-corrected chi connectivity index (χ3v) is 3.69. The summed E-state index contributed by atoms with van der Waals surface area (Å²) in [5.74, 6) is 0. The van der Waals surface area contributed by atoms with Crippen molar-refractivity contribution in [3.8, 4) is 6.07 Å². The Morgan fingerprint density at radius 1 is 1.35 bits per heavy atom. The minimum atomic E-state index is -0.502. The molecule has 0 N–H and O–H groups in total. The Bertz CT molecular complexity index is 644. The van der Waals surface area contributed by atoms with E-state index in [4.69, 9.17) is 16.3 Å². The number of aromatic nitrogens is 1. The van der Waals surface area contributed by atoms with E-state index in [1.165, 1.54) is 6.20 Å². The van der Waals surface area contributed by atoms with E-state index in [-0.39, 0.29) is 6.09 Å². The van der Waals surface area contributed by atoms with E-state index < -0.39 is 5.60 Å². The highest BCUT2D eigenvalue weighted by Crippen LogP contribution is 2.26. The van der Waals surface area contributed by atoms with Crippen molar-refractivity contribution in [1.82, 2.24) is 9.88 Å². The van der Waals surface area contributed by atoms with Gasteiger partial charge in [-0.05, 0) is 51.3 Å². The topological polar surface area (TPSA) is 66.2 Å². The highest BCUT2D eigenvalue weighted by atomic mass is 35.5. The van der Waals surface area contributed by atoms with Gasteiger partial charge in [-0.2, -0.15) is 5.26 Å². The molecule has 1 fully saturated rings. The van der Waals surface area contributed by atoms with Gasteiger partial charge in [-0.1, -0.05) is 11.6 Å². The second-order valence-corrected chi connectivity index (χ2v) is 6.86. The lowest BCUT2D eigenvalue weighted by Gasteiger charge is -2.31. The van der Waals surface area contributed by atoms with E-state index in [2.05, 4.69) is 11.1 Å². The van der Waals surface area contributed by atoms with Crippen LogP contribution in [0.4, 0.5) is 4.79 Å². The zero-order valence-electron chi connectivity index (χ0n) is 13.6. The van der Waals surface area contributed by atoms with Crippen LogP contribution in [0.3, 0.4) is 0 Å². The maximum absolute atomic E-state index is 12.1. The lowest BCUT2D eigenvalue weighted by molar-refractivity contribution is 0.0236. The first-order chi connectivity index (χ1) is 10.8. The summed E-state index contributed by atoms with van der Waals surface area (Å²) in [7, 11) is 0. The summed E-state index contributed by atoms with van der Waals surface area (Å²) >= 11 is 5.83. The molecule has 0 radical (unpaired) electrons. The first kappa shape index (κ1) is 17.3. The van der Waals surface area contributed by atoms with Gasteiger partial charge < -0.3 is 9.64 Å². The van der Waals surface area contributed by atoms with Crippen molar-refractivity contribution in [2.45, 2.75) is 39.2 Å². The van der Waals surface area contributed by atoms with E-state index in [9.17, 15) is 10.1 Å². The molecule has 1 aromatic rings. The van der Waals surface area contributed by atoms with Crippen LogP contribution < -0.4 is 0 Å². The number of rotatable bonds is 1. The van der Waals surface area contributed by atoms with Crippen molar-refractivity contribution in [2.75, 3.05) is 13.1 Å². The standard InChI is InChI=1S/C17H20ClN3O2/c1-17(2,3)23-16(22)21-8-6-12(7-9-21)14(10-19)15-5-4-13(18)11-20-15/h4-5,11H,6-9H2,1-3H3. The summed E-state index contributed by atoms with van der Waals surface area (Å²) in [5, 5.41) is 9.98. The van der Waals surface area contributed by atoms with Gasteiger partial charge in [0, 0.05) is 19.3 Å². The van der Waals surface area contributed by atoms with Gasteiger partial charge >= 0.3 is 6.09 Å². The highest BCUT2D eigenvalue weighted by molar-refractivity contribution is 6.30. The van der Waals surface area contributed by atoms with Gasteiger partial charge in [0.15, 0.2) is 0 Å². The number of likely N-dealkylation sites (tertiary alicyclic amines) is 1. The molecule has 122 valence electrons. The summed E-state index contributed by atoms with van der Waals surface area (Å²) in [5.41, 5.74) is 1.71. The predicted octanol–water partition coefficient (Wildman–Crippen LogP) is 4.04. The largest absolute Gasteiger partial charge is 0.444 e. The van der Waals surface area contributed by atoms with Crippen molar-refractivity contribution < 1.29 is 9.53 Å². The summed E-state index contributed by atoms with van der Waals surface area (Å²) in [6, 6.07) is 5.69. The Morgan fingerprint density at radius 3 is 2.48 bits per heavy atom. The second kappa shape index (κ2) is 7.01. The molecule has 1 aliphatic rings. The molecule has 6 heteroatoms. The maximum atomic E-state index is 12.1. The molecule has 0 aliphatic carbocycles. The molecule has 1 saturated heterocycles. The van der Waals surface area contributed by atoms with Crippen molar-refractivity contribution in [2.24, 2.45) is 0 Å². The average Bonchev–Trinajstić information content (AvgIpc) is 2.49. The Balaban J connectivity index is 2.08. The Hall–Kier alpha value is -2.06. The summed E-state index contributed by atoms with van der Waals surface area (Å²) in [6.45, 7) is 6.63. The molecule has 0 atom stereocenters. The zero-order valence-corrected chi connectivity index (χ0v) is 14.4. The van der Waals surface area contributed by atoms with Crippen LogP contribution in [0, 0.1) is 11.3 Å². The maximum Gasteiger partial charge on any atom is 0.410 e. The van der Waals surface area contributed by atoms with E-state index in [0.717, 1.165) is 5.57 Å². The number of hydrogen-bond donors (Lipinski definition) is 0. The molecule has 0 aromatic carbocycles. The van der Waals surface area contributed by atoms with Gasteiger partial charge in [0.2, 0.25) is 0 Å². The van der Waals surface area contributed by atoms with E-state index in [1.54, 1.807) is 17.0 Å². The van der Waals surface area contributed by atoms with Crippen LogP contribution in [-0.2, 0) is 4.74 Å². The molecule has 2 heterocycles. The van der Waals surface area contributed by atoms with E-state index in [0.29, 0.717) is 42.2 Å². The number of allylic oxidation sites excluding steroid dienone is 1. The molecule has 23 heavy (non-hydrogen) atoms. The van der Waals surface area contributed by atoms with Gasteiger partial charge in [0.1, 0.15) is 11.7 Å². The normalized spacial score (nSPS) is 15.1. The number of nitrogens with zero attached hydrogens (tertiary/aromatic N) is 3. The fourth-order valence-electron chi connectivity index (χ4n) is 2.38. The fraction of sp³-hybridized carbons (Fsp3) is 0.471. The third-order valence-electron chi connectivity index (χ3n) is 3.47. The van der Waals surface area contributed by atoms with Gasteiger partial charge in [-0.15, -0.1) is 0 Å². The van der Waals surface area contributed by atoms with Crippen LogP contribution in [0.5, 0.6) is 0 Å². The number of carbonyl (C=O) groups is 1. The third kappa shape index (κ3) is 4.70. The molecular formula is C17H20ClN3O2. The molecule has 0 bridgehead atoms. The average molecular weight is 334 g/mol. The number of hydrogen-bond acceptors (Lipinski definition) is 4. The van der Waals surface area contributed by atoms with E-state index in [1.807, 2.05) is 20.8 Å². The summed E-state index contributed by atoms with van der Waals surface area (Å²) < 4.78 is 5.38. The SMILES string of the molecule is CC(C)(C)OC(=O)N1CCC(=C(C#N)c2ccc(Cl)cn2)CC1. The summed E-state index contributed by atoms with van der Waals surface area (Å²) in [4.78, 5) is 18.0. The Kier molecular flexibility index (Phi) is 5.27. The smallest absolute Gasteiger partial charge is 0.410 e. The second-order valence-electron chi connectivity index (χ2n) is 6.42. The van der Waals surface area contributed by atoms with Crippen molar-refractivity contribution >= 4 is 23.3 Å². The lowest BCUT2D eigenvalue weighted by Crippen LogP contribution is -2.40. The number of amides is 1. The zero-order chi connectivity index (χ0) is 17.0. The van der Waals surface area contributed by atoms with Crippen LogP contribution in [0.25, 0.3) is 5.57 Å². The molecule has 0 unspecified atom stereocenters. The fourth-order valence-corrected chi connectivity index (χ4v) is 2.49. The quantitative estimate of drug-likeness (QED) is 0.727. The van der Waals surface area contributed by atoms with Crippen LogP contribution in [0.2, 0.25) is 5.02 Å². The lowest BCUT2D eigenvalue weighted by atomic mass is 9.96. The predicted molar refractivity (Wildman–Crippen MR) is 88.8 cm³/mol. The molecule has 5 nitrogen and oxygen atoms in total. The van der Waals surface area contributed by atoms with E-state index >= 15 is 0 Å². The molecular weight excluding hydrogens is 314 g/mol. The van der Waals surface area contributed by atoms with Gasteiger partial charge in [-0.3, -0.25) is 4.98 Å². The minimum Gasteiger partial charge on any atom is -0.444 e. The Labute approximate surface area is 141 Å². The van der Waals surface area contributed by atoms with Gasteiger partial charge in [0.05, 0.1) is 16.3 Å². The number of ether oxygens (including phenoxy) is 1. The molecule has 2 rings (SSSR count). The molecule has 0 spiro atoms. The highest BCUT2D eigenvalue weighted by Gasteiger charge is 2.26. The van der Waals surface area contributed by atoms with Gasteiger partial charge in [-0.25, -0.2) is 4.79 Å². The van der Waals surface area contributed by atoms with Crippen LogP contribution >= 0.6 is 11.6 Å². The van der Waals surface area contributed by atoms with Crippen LogP contribution in [-0.4, -0.2) is 34.7 Å². The first-order valence-electron chi connectivity index (χ1n) is 7.52. The molecule has 0 saturated carbocycles. The van der Waals surface area contributed by atoms with Crippen molar-refractivity contribution in [3.05, 3.63) is 34.6 Å². The Morgan fingerprint density at radius 2 is 2.00 bits per heavy atom. The number of carbonyl (C=O) groups excluding carboxylic acids is 1. The van der Waals surface area contributed by atoms with Gasteiger partial charge in [0.25, 0.3) is 0 Å². The van der Waals surface area contributed by atoms with Crippen molar-refractivity contribution in [3.63, 3.8) is 0 Å². The van der Waals surface area contributed by atoms with Crippen LogP contribution in [0.1, 0.15) is 39.3 Å². The molecule has 1 amide bonds. The van der Waals surface area contributed by atoms with Crippen molar-refractivity contribution in [1.29, 1.82) is 5.26 Å².